The average Bonchev–Trinajstić information content (AvgIpc) is 2.61. The molecule has 0 fully saturated rings. The summed E-state index contributed by atoms with van der Waals surface area (Å²) < 4.78 is 27.0. The first-order valence-corrected chi connectivity index (χ1v) is 9.60. The Hall–Kier alpha value is -2.38. The zero-order valence-electron chi connectivity index (χ0n) is 14.3. The number of nitrogens with one attached hydrogen (secondary N) is 3. The van der Waals surface area contributed by atoms with Crippen LogP contribution in [0.3, 0.4) is 0 Å². The lowest BCUT2D eigenvalue weighted by atomic mass is 10.2. The molecular weight excluding hydrogens is 338 g/mol. The third-order valence-electron chi connectivity index (χ3n) is 3.57. The van der Waals surface area contributed by atoms with E-state index < -0.39 is 10.0 Å². The summed E-state index contributed by atoms with van der Waals surface area (Å²) in [6.45, 7) is 5.36. The van der Waals surface area contributed by atoms with Gasteiger partial charge in [0.15, 0.2) is 0 Å². The maximum absolute atomic E-state index is 12.3. The molecule has 0 aliphatic heterocycles. The Labute approximate surface area is 148 Å². The van der Waals surface area contributed by atoms with Gasteiger partial charge in [-0.15, -0.1) is 0 Å². The second-order valence-electron chi connectivity index (χ2n) is 5.66. The molecule has 1 atom stereocenters. The molecule has 3 N–H and O–H groups in total. The minimum absolute atomic E-state index is 0.186. The second-order valence-corrected chi connectivity index (χ2v) is 7.35. The van der Waals surface area contributed by atoms with E-state index in [0.29, 0.717) is 17.8 Å². The predicted molar refractivity (Wildman–Crippen MR) is 99.2 cm³/mol. The summed E-state index contributed by atoms with van der Waals surface area (Å²) in [6, 6.07) is 14.6. The third-order valence-corrected chi connectivity index (χ3v) is 4.97. The molecule has 2 aromatic carbocycles. The summed E-state index contributed by atoms with van der Waals surface area (Å²) in [5.41, 5.74) is 0.882. The van der Waals surface area contributed by atoms with E-state index >= 15 is 0 Å². The van der Waals surface area contributed by atoms with Crippen molar-refractivity contribution in [2.45, 2.75) is 24.8 Å². The van der Waals surface area contributed by atoms with Crippen LogP contribution >= 0.6 is 0 Å². The lowest BCUT2D eigenvalue weighted by Gasteiger charge is -2.13. The molecule has 0 aromatic heterocycles. The van der Waals surface area contributed by atoms with Gasteiger partial charge >= 0.3 is 0 Å². The molecule has 25 heavy (non-hydrogen) atoms. The number of sulfonamides is 1. The van der Waals surface area contributed by atoms with E-state index in [1.165, 1.54) is 12.1 Å². The topological polar surface area (TPSA) is 87.3 Å². The maximum atomic E-state index is 12.3. The largest absolute Gasteiger partial charge is 0.350 e. The monoisotopic (exact) mass is 361 g/mol. The Morgan fingerprint density at radius 3 is 2.28 bits per heavy atom. The number of benzene rings is 2. The van der Waals surface area contributed by atoms with Crippen LogP contribution in [0.5, 0.6) is 0 Å². The van der Waals surface area contributed by atoms with Crippen molar-refractivity contribution in [2.75, 3.05) is 17.8 Å². The van der Waals surface area contributed by atoms with Gasteiger partial charge in [0.2, 0.25) is 0 Å². The van der Waals surface area contributed by atoms with Crippen LogP contribution in [0, 0.1) is 0 Å². The van der Waals surface area contributed by atoms with Gasteiger partial charge in [-0.25, -0.2) is 8.42 Å². The molecule has 2 rings (SSSR count). The van der Waals surface area contributed by atoms with Gasteiger partial charge < -0.3 is 10.6 Å². The van der Waals surface area contributed by atoms with E-state index in [-0.39, 0.29) is 16.8 Å². The van der Waals surface area contributed by atoms with Gasteiger partial charge in [-0.3, -0.25) is 9.52 Å². The third kappa shape index (κ3) is 5.58. The molecule has 7 heteroatoms. The number of hydrogen-bond acceptors (Lipinski definition) is 4. The van der Waals surface area contributed by atoms with Gasteiger partial charge in [-0.2, -0.15) is 0 Å². The fraction of sp³-hybridized carbons (Fsp3) is 0.278. The van der Waals surface area contributed by atoms with Crippen LogP contribution in [0.25, 0.3) is 0 Å². The van der Waals surface area contributed by atoms with E-state index in [0.717, 1.165) is 6.54 Å². The molecule has 0 unspecified atom stereocenters. The summed E-state index contributed by atoms with van der Waals surface area (Å²) in [6.07, 6.45) is 0. The SMILES string of the molecule is CCN[C@H](C)CNC(=O)c1ccc(NS(=O)(=O)c2ccccc2)cc1. The van der Waals surface area contributed by atoms with Crippen molar-refractivity contribution in [3.05, 3.63) is 60.2 Å². The van der Waals surface area contributed by atoms with Crippen LogP contribution in [0.4, 0.5) is 5.69 Å². The Balaban J connectivity index is 1.99. The number of hydrogen-bond donors (Lipinski definition) is 3. The van der Waals surface area contributed by atoms with Gasteiger partial charge in [-0.05, 0) is 49.9 Å². The average molecular weight is 361 g/mol. The van der Waals surface area contributed by atoms with Crippen LogP contribution in [0.2, 0.25) is 0 Å². The molecule has 0 spiro atoms. The molecule has 0 saturated carbocycles. The number of likely N-dealkylation sites (N-methyl/N-ethyl adjacent to an activating group) is 1. The highest BCUT2D eigenvalue weighted by Gasteiger charge is 2.14. The molecule has 1 amide bonds. The van der Waals surface area contributed by atoms with Crippen molar-refractivity contribution in [3.8, 4) is 0 Å². The minimum Gasteiger partial charge on any atom is -0.350 e. The zero-order valence-corrected chi connectivity index (χ0v) is 15.1. The van der Waals surface area contributed by atoms with E-state index in [9.17, 15) is 13.2 Å². The fourth-order valence-electron chi connectivity index (χ4n) is 2.27. The van der Waals surface area contributed by atoms with Crippen molar-refractivity contribution >= 4 is 21.6 Å². The van der Waals surface area contributed by atoms with E-state index in [1.807, 2.05) is 13.8 Å². The number of carbonyl (C=O) groups excluding carboxylic acids is 1. The standard InChI is InChI=1S/C18H23N3O3S/c1-3-19-14(2)13-20-18(22)15-9-11-16(12-10-15)21-25(23,24)17-7-5-4-6-8-17/h4-12,14,19,21H,3,13H2,1-2H3,(H,20,22)/t14-/m1/s1. The molecular formula is C18H23N3O3S. The summed E-state index contributed by atoms with van der Waals surface area (Å²) in [5, 5.41) is 6.05. The number of carbonyl (C=O) groups is 1. The van der Waals surface area contributed by atoms with Crippen molar-refractivity contribution < 1.29 is 13.2 Å². The summed E-state index contributed by atoms with van der Waals surface area (Å²) >= 11 is 0. The Bertz CT molecular complexity index is 790. The number of anilines is 1. The van der Waals surface area contributed by atoms with Crippen molar-refractivity contribution in [1.29, 1.82) is 0 Å². The molecule has 0 heterocycles. The lowest BCUT2D eigenvalue weighted by molar-refractivity contribution is 0.0950. The van der Waals surface area contributed by atoms with Gasteiger partial charge in [-0.1, -0.05) is 25.1 Å². The van der Waals surface area contributed by atoms with Gasteiger partial charge in [0, 0.05) is 23.8 Å². The fourth-order valence-corrected chi connectivity index (χ4v) is 3.35. The maximum Gasteiger partial charge on any atom is 0.261 e. The molecule has 0 aliphatic rings. The van der Waals surface area contributed by atoms with Crippen LogP contribution in [0.1, 0.15) is 24.2 Å². The summed E-state index contributed by atoms with van der Waals surface area (Å²) in [7, 11) is -3.63. The second kappa shape index (κ2) is 8.64. The Morgan fingerprint density at radius 2 is 1.68 bits per heavy atom. The number of amides is 1. The van der Waals surface area contributed by atoms with Crippen LogP contribution in [-0.4, -0.2) is 33.5 Å². The van der Waals surface area contributed by atoms with E-state index in [1.54, 1.807) is 42.5 Å². The first-order valence-electron chi connectivity index (χ1n) is 8.12. The molecule has 0 aliphatic carbocycles. The molecule has 0 bridgehead atoms. The summed E-state index contributed by atoms with van der Waals surface area (Å²) in [4.78, 5) is 12.3. The first-order chi connectivity index (χ1) is 11.9. The highest BCUT2D eigenvalue weighted by molar-refractivity contribution is 7.92. The van der Waals surface area contributed by atoms with E-state index in [2.05, 4.69) is 15.4 Å². The quantitative estimate of drug-likeness (QED) is 0.673. The highest BCUT2D eigenvalue weighted by atomic mass is 32.2. The smallest absolute Gasteiger partial charge is 0.261 e. The molecule has 2 aromatic rings. The van der Waals surface area contributed by atoms with Gasteiger partial charge in [0.05, 0.1) is 4.90 Å². The van der Waals surface area contributed by atoms with Crippen LogP contribution < -0.4 is 15.4 Å². The number of rotatable bonds is 8. The van der Waals surface area contributed by atoms with E-state index in [4.69, 9.17) is 0 Å². The summed E-state index contributed by atoms with van der Waals surface area (Å²) in [5.74, 6) is -0.192. The van der Waals surface area contributed by atoms with Crippen LogP contribution in [0.15, 0.2) is 59.5 Å². The Kier molecular flexibility index (Phi) is 6.55. The van der Waals surface area contributed by atoms with Crippen LogP contribution in [-0.2, 0) is 10.0 Å². The molecule has 134 valence electrons. The normalized spacial score (nSPS) is 12.4. The van der Waals surface area contributed by atoms with Crippen molar-refractivity contribution in [3.63, 3.8) is 0 Å². The zero-order chi connectivity index (χ0) is 18.3. The van der Waals surface area contributed by atoms with Crippen molar-refractivity contribution in [1.82, 2.24) is 10.6 Å². The molecule has 0 radical (unpaired) electrons. The van der Waals surface area contributed by atoms with Gasteiger partial charge in [0.1, 0.15) is 0 Å². The Morgan fingerprint density at radius 1 is 1.04 bits per heavy atom. The molecule has 0 saturated heterocycles. The lowest BCUT2D eigenvalue weighted by Crippen LogP contribution is -2.38. The predicted octanol–water partition coefficient (Wildman–Crippen LogP) is 2.22. The van der Waals surface area contributed by atoms with Gasteiger partial charge in [0.25, 0.3) is 15.9 Å². The highest BCUT2D eigenvalue weighted by Crippen LogP contribution is 2.16. The molecule has 6 nitrogen and oxygen atoms in total. The first kappa shape index (κ1) is 19.0. The minimum atomic E-state index is -3.63. The van der Waals surface area contributed by atoms with Crippen molar-refractivity contribution in [2.24, 2.45) is 0 Å².